The van der Waals surface area contributed by atoms with Crippen molar-refractivity contribution in [2.75, 3.05) is 0 Å². The molecule has 124 valence electrons. The van der Waals surface area contributed by atoms with E-state index in [1.807, 2.05) is 11.4 Å². The molecule has 4 rings (SSSR count). The maximum Gasteiger partial charge on any atom is 0.252 e. The fourth-order valence-corrected chi connectivity index (χ4v) is 3.78. The Morgan fingerprint density at radius 2 is 1.96 bits per heavy atom. The Morgan fingerprint density at radius 1 is 1.08 bits per heavy atom. The third-order valence-corrected chi connectivity index (χ3v) is 5.11. The predicted octanol–water partition coefficient (Wildman–Crippen LogP) is 1.98. The molecule has 0 unspecified atom stereocenters. The van der Waals surface area contributed by atoms with E-state index in [4.69, 9.17) is 0 Å². The Morgan fingerprint density at radius 3 is 2.79 bits per heavy atom. The Kier molecular flexibility index (Phi) is 3.72. The Labute approximate surface area is 142 Å². The molecule has 4 heterocycles. The summed E-state index contributed by atoms with van der Waals surface area (Å²) in [6, 6.07) is 0. The van der Waals surface area contributed by atoms with Gasteiger partial charge in [-0.05, 0) is 32.3 Å². The molecule has 0 radical (unpaired) electrons. The van der Waals surface area contributed by atoms with Gasteiger partial charge in [-0.2, -0.15) is 19.7 Å². The molecular formula is C15H18N8S. The second-order valence-corrected chi connectivity index (χ2v) is 6.83. The highest BCUT2D eigenvalue weighted by molar-refractivity contribution is 7.16. The van der Waals surface area contributed by atoms with Crippen LogP contribution in [-0.4, -0.2) is 39.4 Å². The highest BCUT2D eigenvalue weighted by Gasteiger charge is 2.14. The Balaban J connectivity index is 1.60. The zero-order valence-electron chi connectivity index (χ0n) is 13.9. The van der Waals surface area contributed by atoms with Crippen molar-refractivity contribution in [1.82, 2.24) is 39.4 Å². The molecule has 0 saturated carbocycles. The molecule has 0 bridgehead atoms. The van der Waals surface area contributed by atoms with Crippen molar-refractivity contribution in [3.8, 4) is 0 Å². The van der Waals surface area contributed by atoms with Gasteiger partial charge >= 0.3 is 0 Å². The molecule has 0 aliphatic heterocycles. The minimum Gasteiger partial charge on any atom is -0.216 e. The molecule has 0 amide bonds. The summed E-state index contributed by atoms with van der Waals surface area (Å²) in [6.45, 7) is 6.21. The van der Waals surface area contributed by atoms with Crippen molar-refractivity contribution in [3.05, 3.63) is 34.1 Å². The lowest BCUT2D eigenvalue weighted by Crippen LogP contribution is -2.07. The quantitative estimate of drug-likeness (QED) is 0.551. The number of hydrogen-bond donors (Lipinski definition) is 0. The van der Waals surface area contributed by atoms with Crippen LogP contribution in [0.15, 0.2) is 6.33 Å². The molecule has 0 fully saturated rings. The van der Waals surface area contributed by atoms with Crippen molar-refractivity contribution in [2.45, 2.75) is 46.5 Å². The van der Waals surface area contributed by atoms with Gasteiger partial charge in [0.2, 0.25) is 4.96 Å². The Hall–Kier alpha value is -2.42. The fourth-order valence-electron chi connectivity index (χ4n) is 2.93. The maximum atomic E-state index is 4.67. The topological polar surface area (TPSA) is 86.2 Å². The van der Waals surface area contributed by atoms with Crippen LogP contribution in [0.5, 0.6) is 0 Å². The van der Waals surface area contributed by atoms with E-state index in [2.05, 4.69) is 44.2 Å². The minimum absolute atomic E-state index is 0.650. The monoisotopic (exact) mass is 342 g/mol. The highest BCUT2D eigenvalue weighted by atomic mass is 32.1. The third-order valence-electron chi connectivity index (χ3n) is 4.15. The largest absolute Gasteiger partial charge is 0.252 e. The summed E-state index contributed by atoms with van der Waals surface area (Å²) >= 11 is 1.60. The molecule has 8 nitrogen and oxygen atoms in total. The van der Waals surface area contributed by atoms with Gasteiger partial charge in [0.15, 0.2) is 5.82 Å². The molecule has 0 atom stereocenters. The van der Waals surface area contributed by atoms with Gasteiger partial charge < -0.3 is 0 Å². The summed E-state index contributed by atoms with van der Waals surface area (Å²) in [7, 11) is 0. The standard InChI is InChI=1S/C15H18N8S/c1-4-5-12-19-20-15-23(12)21-13(24-15)7-6-11-9(2)18-14-16-8-17-22(14)10(11)3/h8H,4-7H2,1-3H3. The summed E-state index contributed by atoms with van der Waals surface area (Å²) in [5.41, 5.74) is 3.29. The van der Waals surface area contributed by atoms with E-state index in [-0.39, 0.29) is 0 Å². The number of rotatable bonds is 5. The first-order chi connectivity index (χ1) is 11.7. The van der Waals surface area contributed by atoms with Crippen molar-refractivity contribution < 1.29 is 0 Å². The molecule has 4 aromatic rings. The van der Waals surface area contributed by atoms with Crippen molar-refractivity contribution in [2.24, 2.45) is 0 Å². The summed E-state index contributed by atoms with van der Waals surface area (Å²) in [5.74, 6) is 1.59. The normalized spacial score (nSPS) is 11.8. The number of aryl methyl sites for hydroxylation is 4. The van der Waals surface area contributed by atoms with E-state index >= 15 is 0 Å². The van der Waals surface area contributed by atoms with Gasteiger partial charge in [0.05, 0.1) is 0 Å². The van der Waals surface area contributed by atoms with Crippen LogP contribution in [0.2, 0.25) is 0 Å². The first-order valence-electron chi connectivity index (χ1n) is 8.03. The fraction of sp³-hybridized carbons (Fsp3) is 0.467. The minimum atomic E-state index is 0.650. The van der Waals surface area contributed by atoms with Gasteiger partial charge in [0.1, 0.15) is 11.3 Å². The lowest BCUT2D eigenvalue weighted by atomic mass is 10.1. The molecule has 0 N–H and O–H groups in total. The zero-order valence-corrected chi connectivity index (χ0v) is 14.7. The van der Waals surface area contributed by atoms with Crippen LogP contribution in [0.1, 0.15) is 41.1 Å². The summed E-state index contributed by atoms with van der Waals surface area (Å²) < 4.78 is 3.67. The first kappa shape index (κ1) is 15.1. The molecule has 0 aromatic carbocycles. The number of aromatic nitrogens is 8. The van der Waals surface area contributed by atoms with E-state index < -0.39 is 0 Å². The van der Waals surface area contributed by atoms with Gasteiger partial charge in [0.25, 0.3) is 5.78 Å². The van der Waals surface area contributed by atoms with E-state index in [9.17, 15) is 0 Å². The second-order valence-electron chi connectivity index (χ2n) is 5.79. The van der Waals surface area contributed by atoms with Gasteiger partial charge in [-0.15, -0.1) is 10.2 Å². The first-order valence-corrected chi connectivity index (χ1v) is 8.84. The average molecular weight is 342 g/mol. The van der Waals surface area contributed by atoms with Crippen molar-refractivity contribution in [1.29, 1.82) is 0 Å². The van der Waals surface area contributed by atoms with Crippen LogP contribution >= 0.6 is 11.3 Å². The van der Waals surface area contributed by atoms with Crippen LogP contribution in [-0.2, 0) is 19.3 Å². The summed E-state index contributed by atoms with van der Waals surface area (Å²) in [5, 5.41) is 18.4. The van der Waals surface area contributed by atoms with E-state index in [0.29, 0.717) is 5.78 Å². The summed E-state index contributed by atoms with van der Waals surface area (Å²) in [4.78, 5) is 9.55. The van der Waals surface area contributed by atoms with Crippen LogP contribution in [0.3, 0.4) is 0 Å². The Bertz CT molecular complexity index is 1010. The van der Waals surface area contributed by atoms with Crippen LogP contribution in [0.25, 0.3) is 10.7 Å². The van der Waals surface area contributed by atoms with Gasteiger partial charge in [-0.3, -0.25) is 0 Å². The molecule has 0 saturated heterocycles. The predicted molar refractivity (Wildman–Crippen MR) is 90.3 cm³/mol. The van der Waals surface area contributed by atoms with Gasteiger partial charge in [-0.25, -0.2) is 9.50 Å². The SMILES string of the molecule is CCCc1nnc2sc(CCc3c(C)nc4ncnn4c3C)nn12. The molecular weight excluding hydrogens is 324 g/mol. The number of fused-ring (bicyclic) bond motifs is 2. The van der Waals surface area contributed by atoms with Gasteiger partial charge in [0, 0.05) is 24.2 Å². The zero-order chi connectivity index (χ0) is 16.7. The van der Waals surface area contributed by atoms with Crippen LogP contribution in [0, 0.1) is 13.8 Å². The maximum absolute atomic E-state index is 4.67. The lowest BCUT2D eigenvalue weighted by Gasteiger charge is -2.09. The number of hydrogen-bond acceptors (Lipinski definition) is 7. The van der Waals surface area contributed by atoms with E-state index in [1.54, 1.807) is 15.9 Å². The molecule has 0 spiro atoms. The molecule has 4 aromatic heterocycles. The summed E-state index contributed by atoms with van der Waals surface area (Å²) in [6.07, 6.45) is 5.19. The van der Waals surface area contributed by atoms with Crippen molar-refractivity contribution in [3.63, 3.8) is 0 Å². The molecule has 0 aliphatic carbocycles. The van der Waals surface area contributed by atoms with Gasteiger partial charge in [-0.1, -0.05) is 18.3 Å². The smallest absolute Gasteiger partial charge is 0.216 e. The highest BCUT2D eigenvalue weighted by Crippen LogP contribution is 2.19. The lowest BCUT2D eigenvalue weighted by molar-refractivity contribution is 0.755. The molecule has 0 aliphatic rings. The van der Waals surface area contributed by atoms with E-state index in [0.717, 1.165) is 52.9 Å². The third kappa shape index (κ3) is 2.44. The van der Waals surface area contributed by atoms with Crippen LogP contribution in [0.4, 0.5) is 0 Å². The van der Waals surface area contributed by atoms with Crippen LogP contribution < -0.4 is 0 Å². The second kappa shape index (κ2) is 5.90. The molecule has 9 heteroatoms. The molecule has 24 heavy (non-hydrogen) atoms. The average Bonchev–Trinajstić information content (AvgIpc) is 3.24. The number of nitrogens with zero attached hydrogens (tertiary/aromatic N) is 8. The van der Waals surface area contributed by atoms with Crippen molar-refractivity contribution >= 4 is 22.1 Å². The van der Waals surface area contributed by atoms with E-state index in [1.165, 1.54) is 11.9 Å².